The Morgan fingerprint density at radius 3 is 2.17 bits per heavy atom. The average Bonchev–Trinajstić information content (AvgIpc) is 4.16. The summed E-state index contributed by atoms with van der Waals surface area (Å²) in [5.74, 6) is 1.05. The molecule has 2 saturated heterocycles. The first kappa shape index (κ1) is 55.9. The van der Waals surface area contributed by atoms with Gasteiger partial charge in [-0.2, -0.15) is 5.10 Å². The number of nitrogen functional groups attached to an aromatic ring is 1. The maximum atomic E-state index is 14.0. The van der Waals surface area contributed by atoms with Crippen LogP contribution in [0, 0.1) is 12.3 Å². The number of likely N-dealkylation sites (tertiary alicyclic amines) is 2. The molecule has 0 radical (unpaired) electrons. The number of unbranched alkanes of at least 4 members (excludes halogenated alkanes) is 5. The number of carbonyl (C=O) groups excluding carboxylic acids is 3. The zero-order valence-electron chi connectivity index (χ0n) is 44.6. The zero-order valence-corrected chi connectivity index (χ0v) is 45.4. The van der Waals surface area contributed by atoms with Crippen molar-refractivity contribution in [3.63, 3.8) is 0 Å². The number of rotatable bonds is 26. The van der Waals surface area contributed by atoms with Gasteiger partial charge in [0.1, 0.15) is 41.4 Å². The van der Waals surface area contributed by atoms with Crippen LogP contribution in [0.5, 0.6) is 11.5 Å². The lowest BCUT2D eigenvalue weighted by Crippen LogP contribution is -2.57. The number of hydrogen-bond donors (Lipinski definition) is 4. The molecule has 5 heterocycles. The van der Waals surface area contributed by atoms with E-state index in [0.717, 1.165) is 133 Å². The van der Waals surface area contributed by atoms with E-state index in [1.54, 1.807) is 11.3 Å². The highest BCUT2D eigenvalue weighted by atomic mass is 32.1. The first-order valence-electron chi connectivity index (χ1n) is 27.1. The largest absolute Gasteiger partial charge is 0.457 e. The summed E-state index contributed by atoms with van der Waals surface area (Å²) >= 11 is 1.59. The molecular formula is C58H76N10O7S. The highest BCUT2D eigenvalue weighted by molar-refractivity contribution is 7.13. The number of fused-ring (bicyclic) bond motifs is 1. The predicted octanol–water partition coefficient (Wildman–Crippen LogP) is 8.90. The van der Waals surface area contributed by atoms with Gasteiger partial charge in [-0.15, -0.1) is 11.3 Å². The number of β-amino-alcohol motifs (C(OH)–C–C–N with tert-alkyl or cyclic N) is 1. The lowest BCUT2D eigenvalue weighted by Gasteiger charge is -2.35. The van der Waals surface area contributed by atoms with Gasteiger partial charge in [0.25, 0.3) is 0 Å². The van der Waals surface area contributed by atoms with Crippen molar-refractivity contribution in [3.8, 4) is 33.2 Å². The number of amides is 3. The number of thiazole rings is 1. The minimum atomic E-state index is -0.858. The van der Waals surface area contributed by atoms with Crippen LogP contribution in [0.15, 0.2) is 90.7 Å². The van der Waals surface area contributed by atoms with E-state index in [1.165, 1.54) is 11.2 Å². The number of aromatic nitrogens is 5. The van der Waals surface area contributed by atoms with Crippen molar-refractivity contribution in [1.82, 2.24) is 45.2 Å². The lowest BCUT2D eigenvalue weighted by atomic mass is 9.85. The first-order valence-corrected chi connectivity index (χ1v) is 27.9. The quantitative estimate of drug-likeness (QED) is 0.0374. The summed E-state index contributed by atoms with van der Waals surface area (Å²) in [5.41, 5.74) is 13.1. The number of hydrogen-bond acceptors (Lipinski definition) is 14. The van der Waals surface area contributed by atoms with Gasteiger partial charge >= 0.3 is 0 Å². The molecule has 1 unspecified atom stereocenters. The number of aryl methyl sites for hydroxylation is 1. The molecule has 406 valence electrons. The monoisotopic (exact) mass is 1060 g/mol. The second kappa shape index (κ2) is 27.1. The lowest BCUT2D eigenvalue weighted by molar-refractivity contribution is -0.144. The number of para-hydroxylation sites is 1. The molecule has 17 nitrogen and oxygen atoms in total. The summed E-state index contributed by atoms with van der Waals surface area (Å²) in [4.78, 5) is 59.0. The number of nitrogens with two attached hydrogens (primary N) is 1. The number of carbonyl (C=O) groups is 3. The number of aliphatic hydroxyl groups is 1. The fourth-order valence-corrected chi connectivity index (χ4v) is 10.9. The third-order valence-corrected chi connectivity index (χ3v) is 15.3. The average molecular weight is 1060 g/mol. The molecular weight excluding hydrogens is 981 g/mol. The van der Waals surface area contributed by atoms with Crippen LogP contribution in [0.4, 0.5) is 5.82 Å². The van der Waals surface area contributed by atoms with E-state index in [1.807, 2.05) is 112 Å². The summed E-state index contributed by atoms with van der Waals surface area (Å²) in [6, 6.07) is 24.1. The molecule has 3 aromatic heterocycles. The van der Waals surface area contributed by atoms with Crippen molar-refractivity contribution in [2.75, 3.05) is 58.3 Å². The van der Waals surface area contributed by atoms with Crippen molar-refractivity contribution >= 4 is 45.9 Å². The van der Waals surface area contributed by atoms with Crippen LogP contribution < -0.4 is 21.1 Å². The Morgan fingerprint density at radius 1 is 0.816 bits per heavy atom. The number of ether oxygens (including phenoxy) is 3. The normalized spacial score (nSPS) is 16.8. The van der Waals surface area contributed by atoms with Crippen LogP contribution >= 0.6 is 11.3 Å². The number of aliphatic hydroxyl groups excluding tert-OH is 1. The van der Waals surface area contributed by atoms with E-state index in [4.69, 9.17) is 25.0 Å². The fraction of sp³-hybridized carbons (Fsp3) is 0.500. The molecule has 8 rings (SSSR count). The van der Waals surface area contributed by atoms with Crippen LogP contribution in [-0.2, 0) is 30.4 Å². The molecule has 2 fully saturated rings. The molecule has 5 N–H and O–H groups in total. The van der Waals surface area contributed by atoms with Gasteiger partial charge in [-0.3, -0.25) is 14.4 Å². The SMILES string of the molecule is Cc1ncsc1-c1ccc(CNC(=O)[C@@H]2C[C@@H](O)CN2C(=O)C(NC(=O)CCCCCOCCOCCCCCCN2CCC(n3nc(-c4ccc(Oc5ccccc5)cc4)c4c(N)ncnc43)CC2)C(C)(C)C)cc1. The Labute approximate surface area is 450 Å². The van der Waals surface area contributed by atoms with E-state index in [9.17, 15) is 19.5 Å². The Hall–Kier alpha value is -6.31. The van der Waals surface area contributed by atoms with Gasteiger partial charge < -0.3 is 45.5 Å². The van der Waals surface area contributed by atoms with Crippen molar-refractivity contribution in [2.45, 2.75) is 129 Å². The second-order valence-corrected chi connectivity index (χ2v) is 22.0. The molecule has 6 aromatic rings. The van der Waals surface area contributed by atoms with E-state index in [2.05, 4.69) is 35.2 Å². The molecule has 3 amide bonds. The molecule has 76 heavy (non-hydrogen) atoms. The summed E-state index contributed by atoms with van der Waals surface area (Å²) in [6.45, 7) is 13.5. The minimum Gasteiger partial charge on any atom is -0.457 e. The molecule has 18 heteroatoms. The van der Waals surface area contributed by atoms with Crippen molar-refractivity contribution in [3.05, 3.63) is 102 Å². The van der Waals surface area contributed by atoms with Crippen LogP contribution in [-0.4, -0.2) is 128 Å². The number of piperidine rings is 1. The summed E-state index contributed by atoms with van der Waals surface area (Å²) in [6.07, 6.45) is 9.84. The fourth-order valence-electron chi connectivity index (χ4n) is 10.0. The maximum Gasteiger partial charge on any atom is 0.246 e. The van der Waals surface area contributed by atoms with Gasteiger partial charge in [0.05, 0.1) is 46.8 Å². The third-order valence-electron chi connectivity index (χ3n) is 14.3. The molecule has 0 spiro atoms. The van der Waals surface area contributed by atoms with Gasteiger partial charge in [-0.25, -0.2) is 19.6 Å². The maximum absolute atomic E-state index is 14.0. The van der Waals surface area contributed by atoms with Crippen LogP contribution in [0.1, 0.15) is 109 Å². The van der Waals surface area contributed by atoms with Gasteiger partial charge in [-0.05, 0) is 105 Å². The predicted molar refractivity (Wildman–Crippen MR) is 297 cm³/mol. The van der Waals surface area contributed by atoms with Crippen molar-refractivity contribution in [1.29, 1.82) is 0 Å². The van der Waals surface area contributed by atoms with Crippen LogP contribution in [0.3, 0.4) is 0 Å². The van der Waals surface area contributed by atoms with E-state index >= 15 is 0 Å². The van der Waals surface area contributed by atoms with Crippen LogP contribution in [0.2, 0.25) is 0 Å². The van der Waals surface area contributed by atoms with E-state index < -0.39 is 23.6 Å². The molecule has 2 aliphatic rings. The Kier molecular flexibility index (Phi) is 20.0. The smallest absolute Gasteiger partial charge is 0.246 e. The third kappa shape index (κ3) is 15.2. The second-order valence-electron chi connectivity index (χ2n) is 21.2. The number of nitrogens with one attached hydrogen (secondary N) is 2. The number of nitrogens with zero attached hydrogens (tertiary/aromatic N) is 7. The number of anilines is 1. The molecule has 3 aromatic carbocycles. The number of benzene rings is 3. The Bertz CT molecular complexity index is 2790. The van der Waals surface area contributed by atoms with Gasteiger partial charge in [0.15, 0.2) is 5.65 Å². The Morgan fingerprint density at radius 2 is 1.49 bits per heavy atom. The summed E-state index contributed by atoms with van der Waals surface area (Å²) in [5, 5.41) is 22.4. The first-order chi connectivity index (χ1) is 36.8. The van der Waals surface area contributed by atoms with E-state index in [0.29, 0.717) is 32.1 Å². The van der Waals surface area contributed by atoms with Gasteiger partial charge in [0, 0.05) is 57.8 Å². The van der Waals surface area contributed by atoms with Crippen molar-refractivity contribution in [2.24, 2.45) is 5.41 Å². The molecule has 2 aliphatic heterocycles. The van der Waals surface area contributed by atoms with Gasteiger partial charge in [0.2, 0.25) is 17.7 Å². The molecule has 3 atom stereocenters. The molecule has 0 bridgehead atoms. The van der Waals surface area contributed by atoms with E-state index in [-0.39, 0.29) is 49.7 Å². The topological polar surface area (TPSA) is 212 Å². The van der Waals surface area contributed by atoms with Crippen molar-refractivity contribution < 1.29 is 33.7 Å². The summed E-state index contributed by atoms with van der Waals surface area (Å²) in [7, 11) is 0. The molecule has 0 aliphatic carbocycles. The Balaban J connectivity index is 0.648. The zero-order chi connectivity index (χ0) is 53.4. The molecule has 0 saturated carbocycles. The standard InChI is InChI=1S/C58H76N10O7S/c1-40-52(76-39-63-40)43-20-18-41(19-21-43)36-60-56(71)48-35-45(69)37-67(48)57(72)53(58(2,3)4)64-49(70)17-11-8-14-32-74-34-33-73-31-13-6-5-12-28-66-29-26-44(27-30-66)68-55-50(54(59)61-38-62-55)51(65-68)42-22-24-47(25-23-42)75-46-15-9-7-10-16-46/h7,9-10,15-16,18-25,38-39,44-45,48,53,69H,5-6,8,11-14,17,26-37H2,1-4H3,(H,60,71)(H,64,70)(H2,59,61,62)/t45-,48+,53?/m1/s1. The van der Waals surface area contributed by atoms with Gasteiger partial charge in [-0.1, -0.05) is 82.5 Å². The highest BCUT2D eigenvalue weighted by Crippen LogP contribution is 2.36. The van der Waals surface area contributed by atoms with Crippen LogP contribution in [0.25, 0.3) is 32.7 Å². The highest BCUT2D eigenvalue weighted by Gasteiger charge is 2.44. The summed E-state index contributed by atoms with van der Waals surface area (Å²) < 4.78 is 19.7. The minimum absolute atomic E-state index is 0.0311.